The van der Waals surface area contributed by atoms with E-state index < -0.39 is 17.8 Å². The summed E-state index contributed by atoms with van der Waals surface area (Å²) in [5.74, 6) is -2.45. The summed E-state index contributed by atoms with van der Waals surface area (Å²) < 4.78 is 6.12. The van der Waals surface area contributed by atoms with Crippen LogP contribution < -0.4 is 20.7 Å². The molecule has 0 aliphatic heterocycles. The van der Waals surface area contributed by atoms with E-state index in [0.29, 0.717) is 16.3 Å². The van der Waals surface area contributed by atoms with Crippen molar-refractivity contribution in [1.82, 2.24) is 10.9 Å². The van der Waals surface area contributed by atoms with Crippen LogP contribution in [0.4, 0.5) is 0 Å². The molecule has 0 saturated carbocycles. The second-order valence-electron chi connectivity index (χ2n) is 4.58. The first-order valence-electron chi connectivity index (χ1n) is 6.75. The number of carbonyl (C=O) groups is 3. The number of hydrogen-bond acceptors (Lipinski definition) is 5. The van der Waals surface area contributed by atoms with Gasteiger partial charge in [-0.25, -0.2) is 0 Å². The van der Waals surface area contributed by atoms with E-state index in [1.165, 1.54) is 0 Å². The standard InChI is InChI=1S/C16H13BrN2O5/c17-16-11-4-2-1-3-10(11)5-6-12(16)24-9-14(21)19-18-13(20)7-8-15(22)23/h1-8H,9H2,(H,18,20)(H,19,21)(H,22,23)/p-1. The fourth-order valence-electron chi connectivity index (χ4n) is 1.82. The van der Waals surface area contributed by atoms with E-state index in [9.17, 15) is 19.5 Å². The molecule has 0 aromatic heterocycles. The number of aliphatic carboxylic acids is 1. The molecule has 24 heavy (non-hydrogen) atoms. The van der Waals surface area contributed by atoms with Gasteiger partial charge in [0.25, 0.3) is 11.8 Å². The molecule has 0 aliphatic rings. The van der Waals surface area contributed by atoms with Crippen molar-refractivity contribution >= 4 is 44.5 Å². The fraction of sp³-hybridized carbons (Fsp3) is 0.0625. The van der Waals surface area contributed by atoms with Gasteiger partial charge in [0.15, 0.2) is 6.61 Å². The van der Waals surface area contributed by atoms with Crippen LogP contribution in [0.2, 0.25) is 0 Å². The third-order valence-electron chi connectivity index (χ3n) is 2.88. The number of benzene rings is 2. The highest BCUT2D eigenvalue weighted by Gasteiger charge is 2.08. The molecule has 0 saturated heterocycles. The molecule has 2 aromatic carbocycles. The second kappa shape index (κ2) is 8.11. The lowest BCUT2D eigenvalue weighted by molar-refractivity contribution is -0.297. The molecular weight excluding hydrogens is 380 g/mol. The molecule has 0 atom stereocenters. The molecule has 7 nitrogen and oxygen atoms in total. The van der Waals surface area contributed by atoms with Crippen LogP contribution in [0.3, 0.4) is 0 Å². The van der Waals surface area contributed by atoms with Gasteiger partial charge < -0.3 is 14.6 Å². The van der Waals surface area contributed by atoms with Crippen LogP contribution in [0.25, 0.3) is 10.8 Å². The van der Waals surface area contributed by atoms with Gasteiger partial charge in [0.05, 0.1) is 10.4 Å². The summed E-state index contributed by atoms with van der Waals surface area (Å²) >= 11 is 3.43. The molecule has 0 radical (unpaired) electrons. The van der Waals surface area contributed by atoms with Crippen LogP contribution in [-0.4, -0.2) is 24.4 Å². The van der Waals surface area contributed by atoms with Crippen LogP contribution in [0.1, 0.15) is 0 Å². The quantitative estimate of drug-likeness (QED) is 0.567. The maximum atomic E-state index is 11.6. The Hall–Kier alpha value is -2.87. The number of hydrogen-bond donors (Lipinski definition) is 2. The molecule has 2 aromatic rings. The third kappa shape index (κ3) is 4.82. The minimum Gasteiger partial charge on any atom is -0.545 e. The van der Waals surface area contributed by atoms with Crippen LogP contribution in [0, 0.1) is 0 Å². The van der Waals surface area contributed by atoms with Crippen molar-refractivity contribution < 1.29 is 24.2 Å². The van der Waals surface area contributed by atoms with Gasteiger partial charge in [0.2, 0.25) is 0 Å². The zero-order valence-electron chi connectivity index (χ0n) is 12.2. The Morgan fingerprint density at radius 2 is 1.83 bits per heavy atom. The Labute approximate surface area is 145 Å². The van der Waals surface area contributed by atoms with Crippen LogP contribution >= 0.6 is 15.9 Å². The number of rotatable bonds is 5. The maximum Gasteiger partial charge on any atom is 0.276 e. The van der Waals surface area contributed by atoms with Crippen molar-refractivity contribution in [2.75, 3.05) is 6.61 Å². The Kier molecular flexibility index (Phi) is 5.91. The van der Waals surface area contributed by atoms with E-state index in [2.05, 4.69) is 21.4 Å². The summed E-state index contributed by atoms with van der Waals surface area (Å²) in [7, 11) is 0. The number of carboxylic acids is 1. The summed E-state index contributed by atoms with van der Waals surface area (Å²) in [6.07, 6.45) is 1.26. The van der Waals surface area contributed by atoms with Gasteiger partial charge in [-0.05, 0) is 38.8 Å². The average Bonchev–Trinajstić information content (AvgIpc) is 2.57. The van der Waals surface area contributed by atoms with Gasteiger partial charge in [-0.1, -0.05) is 30.3 Å². The highest BCUT2D eigenvalue weighted by molar-refractivity contribution is 9.10. The molecule has 0 bridgehead atoms. The number of hydrazine groups is 1. The zero-order valence-corrected chi connectivity index (χ0v) is 13.8. The first-order valence-corrected chi connectivity index (χ1v) is 7.54. The summed E-state index contributed by atoms with van der Waals surface area (Å²) in [6.45, 7) is -0.332. The number of amides is 2. The largest absolute Gasteiger partial charge is 0.545 e. The van der Waals surface area contributed by atoms with E-state index in [1.54, 1.807) is 6.07 Å². The predicted molar refractivity (Wildman–Crippen MR) is 87.6 cm³/mol. The molecule has 0 aliphatic carbocycles. The van der Waals surface area contributed by atoms with E-state index in [1.807, 2.05) is 35.8 Å². The Morgan fingerprint density at radius 3 is 2.58 bits per heavy atom. The van der Waals surface area contributed by atoms with Gasteiger partial charge in [0, 0.05) is 6.08 Å². The van der Waals surface area contributed by atoms with E-state index >= 15 is 0 Å². The van der Waals surface area contributed by atoms with Gasteiger partial charge in [0.1, 0.15) is 5.75 Å². The lowest BCUT2D eigenvalue weighted by Crippen LogP contribution is -2.43. The molecule has 0 spiro atoms. The number of fused-ring (bicyclic) bond motifs is 1. The smallest absolute Gasteiger partial charge is 0.276 e. The lowest BCUT2D eigenvalue weighted by Gasteiger charge is -2.10. The molecule has 0 fully saturated rings. The molecule has 2 amide bonds. The first-order chi connectivity index (χ1) is 11.5. The van der Waals surface area contributed by atoms with Crippen molar-refractivity contribution in [3.63, 3.8) is 0 Å². The highest BCUT2D eigenvalue weighted by Crippen LogP contribution is 2.32. The number of ether oxygens (including phenoxy) is 1. The number of carbonyl (C=O) groups excluding carboxylic acids is 3. The highest BCUT2D eigenvalue weighted by atomic mass is 79.9. The SMILES string of the molecule is O=C([O-])C=CC(=O)NNC(=O)COc1ccc2ccccc2c1Br. The molecular formula is C16H12BrN2O5-. The summed E-state index contributed by atoms with van der Waals surface area (Å²) in [6, 6.07) is 11.3. The molecule has 0 heterocycles. The fourth-order valence-corrected chi connectivity index (χ4v) is 2.43. The normalized spacial score (nSPS) is 10.5. The summed E-state index contributed by atoms with van der Waals surface area (Å²) in [5.41, 5.74) is 4.10. The second-order valence-corrected chi connectivity index (χ2v) is 5.37. The molecule has 2 N–H and O–H groups in total. The van der Waals surface area contributed by atoms with Crippen molar-refractivity contribution in [2.45, 2.75) is 0 Å². The van der Waals surface area contributed by atoms with E-state index in [-0.39, 0.29) is 6.61 Å². The van der Waals surface area contributed by atoms with Crippen molar-refractivity contribution in [2.24, 2.45) is 0 Å². The molecule has 0 unspecified atom stereocenters. The zero-order chi connectivity index (χ0) is 17.5. The Balaban J connectivity index is 1.89. The van der Waals surface area contributed by atoms with Crippen LogP contribution in [0.15, 0.2) is 53.0 Å². The molecule has 124 valence electrons. The molecule has 2 rings (SSSR count). The molecule has 8 heteroatoms. The van der Waals surface area contributed by atoms with Crippen molar-refractivity contribution in [3.8, 4) is 5.75 Å². The van der Waals surface area contributed by atoms with Crippen LogP contribution in [0.5, 0.6) is 5.75 Å². The van der Waals surface area contributed by atoms with Gasteiger partial charge >= 0.3 is 0 Å². The van der Waals surface area contributed by atoms with Gasteiger partial charge in [-0.2, -0.15) is 0 Å². The average molecular weight is 392 g/mol. The first kappa shape index (κ1) is 17.5. The van der Waals surface area contributed by atoms with Crippen LogP contribution in [-0.2, 0) is 14.4 Å². The third-order valence-corrected chi connectivity index (χ3v) is 3.70. The summed E-state index contributed by atoms with van der Waals surface area (Å²) in [4.78, 5) is 32.9. The monoisotopic (exact) mass is 391 g/mol. The van der Waals surface area contributed by atoms with Gasteiger partial charge in [-0.15, -0.1) is 0 Å². The van der Waals surface area contributed by atoms with Crippen molar-refractivity contribution in [1.29, 1.82) is 0 Å². The minimum absolute atomic E-state index is 0.332. The Morgan fingerprint density at radius 1 is 1.08 bits per heavy atom. The van der Waals surface area contributed by atoms with E-state index in [4.69, 9.17) is 4.74 Å². The van der Waals surface area contributed by atoms with Crippen molar-refractivity contribution in [3.05, 3.63) is 53.0 Å². The van der Waals surface area contributed by atoms with Gasteiger partial charge in [-0.3, -0.25) is 20.4 Å². The Bertz CT molecular complexity index is 819. The summed E-state index contributed by atoms with van der Waals surface area (Å²) in [5, 5.41) is 12.1. The van der Waals surface area contributed by atoms with E-state index in [0.717, 1.165) is 16.8 Å². The minimum atomic E-state index is -1.51. The topological polar surface area (TPSA) is 108 Å². The number of nitrogens with one attached hydrogen (secondary N) is 2. The number of halogens is 1. The predicted octanol–water partition coefficient (Wildman–Crippen LogP) is 0.435. The lowest BCUT2D eigenvalue weighted by atomic mass is 10.1. The number of carboxylic acid groups (broad SMARTS) is 1. The maximum absolute atomic E-state index is 11.6.